The molecule has 2 atom stereocenters. The lowest BCUT2D eigenvalue weighted by Gasteiger charge is -2.32. The molecule has 2 aliphatic rings. The van der Waals surface area contributed by atoms with Crippen molar-refractivity contribution < 1.29 is 9.53 Å². The van der Waals surface area contributed by atoms with E-state index in [9.17, 15) is 4.79 Å². The maximum atomic E-state index is 12.7. The summed E-state index contributed by atoms with van der Waals surface area (Å²) in [7, 11) is 0. The molecule has 6 heteroatoms. The monoisotopic (exact) mass is 336 g/mol. The highest BCUT2D eigenvalue weighted by molar-refractivity contribution is 7.99. The average Bonchev–Trinajstić information content (AvgIpc) is 2.73. The summed E-state index contributed by atoms with van der Waals surface area (Å²) < 4.78 is 5.36. The first-order valence-corrected chi connectivity index (χ1v) is 9.01. The van der Waals surface area contributed by atoms with Gasteiger partial charge in [-0.1, -0.05) is 13.3 Å². The van der Waals surface area contributed by atoms with E-state index in [1.165, 1.54) is 12.8 Å². The van der Waals surface area contributed by atoms with E-state index in [0.29, 0.717) is 11.2 Å². The van der Waals surface area contributed by atoms with Gasteiger partial charge in [-0.2, -0.15) is 11.8 Å². The lowest BCUT2D eigenvalue weighted by molar-refractivity contribution is -0.134. The van der Waals surface area contributed by atoms with Gasteiger partial charge in [0.1, 0.15) is 0 Å². The molecule has 2 saturated heterocycles. The van der Waals surface area contributed by atoms with E-state index in [1.54, 1.807) is 0 Å². The molecule has 0 spiro atoms. The third kappa shape index (κ3) is 5.62. The SMILES string of the molecule is CCSC1CCCCN(C(=O)C(N)C2CCOCC2)C1.Cl. The van der Waals surface area contributed by atoms with Crippen LogP contribution >= 0.6 is 24.2 Å². The molecular weight excluding hydrogens is 308 g/mol. The molecule has 124 valence electrons. The minimum atomic E-state index is -0.329. The Kier molecular flexibility index (Phi) is 9.02. The molecular formula is C15H29ClN2O2S. The Morgan fingerprint density at radius 3 is 2.71 bits per heavy atom. The van der Waals surface area contributed by atoms with E-state index >= 15 is 0 Å². The zero-order valence-corrected chi connectivity index (χ0v) is 14.6. The van der Waals surface area contributed by atoms with E-state index in [4.69, 9.17) is 10.5 Å². The van der Waals surface area contributed by atoms with Crippen LogP contribution in [-0.2, 0) is 9.53 Å². The van der Waals surface area contributed by atoms with Crippen LogP contribution in [0.3, 0.4) is 0 Å². The van der Waals surface area contributed by atoms with Crippen molar-refractivity contribution in [1.82, 2.24) is 4.90 Å². The van der Waals surface area contributed by atoms with Crippen LogP contribution < -0.4 is 5.73 Å². The van der Waals surface area contributed by atoms with E-state index in [-0.39, 0.29) is 24.4 Å². The predicted octanol–water partition coefficient (Wildman–Crippen LogP) is 2.30. The highest BCUT2D eigenvalue weighted by Gasteiger charge is 2.31. The Morgan fingerprint density at radius 1 is 1.33 bits per heavy atom. The second-order valence-corrected chi connectivity index (χ2v) is 7.41. The topological polar surface area (TPSA) is 55.6 Å². The van der Waals surface area contributed by atoms with Crippen molar-refractivity contribution in [2.75, 3.05) is 32.1 Å². The number of halogens is 1. The normalized spacial score (nSPS) is 25.8. The van der Waals surface area contributed by atoms with Crippen molar-refractivity contribution in [2.24, 2.45) is 11.7 Å². The number of nitrogens with two attached hydrogens (primary N) is 1. The number of carbonyl (C=O) groups excluding carboxylic acids is 1. The summed E-state index contributed by atoms with van der Waals surface area (Å²) in [5, 5.41) is 0.591. The van der Waals surface area contributed by atoms with Gasteiger partial charge in [-0.05, 0) is 37.4 Å². The van der Waals surface area contributed by atoms with Gasteiger partial charge >= 0.3 is 0 Å². The van der Waals surface area contributed by atoms with Gasteiger partial charge in [-0.15, -0.1) is 12.4 Å². The van der Waals surface area contributed by atoms with Crippen LogP contribution in [-0.4, -0.2) is 54.2 Å². The van der Waals surface area contributed by atoms with Crippen LogP contribution in [0.5, 0.6) is 0 Å². The number of amides is 1. The summed E-state index contributed by atoms with van der Waals surface area (Å²) in [5.41, 5.74) is 6.24. The highest BCUT2D eigenvalue weighted by Crippen LogP contribution is 2.24. The van der Waals surface area contributed by atoms with Gasteiger partial charge in [0.15, 0.2) is 0 Å². The molecule has 0 saturated carbocycles. The number of carbonyl (C=O) groups is 1. The van der Waals surface area contributed by atoms with Crippen molar-refractivity contribution in [3.05, 3.63) is 0 Å². The molecule has 1 amide bonds. The lowest BCUT2D eigenvalue weighted by Crippen LogP contribution is -2.50. The second kappa shape index (κ2) is 9.93. The molecule has 0 radical (unpaired) electrons. The van der Waals surface area contributed by atoms with Crippen LogP contribution in [0.4, 0.5) is 0 Å². The first-order valence-electron chi connectivity index (χ1n) is 7.96. The quantitative estimate of drug-likeness (QED) is 0.855. The Hall–Kier alpha value is 0.0300. The Balaban J connectivity index is 0.00000220. The van der Waals surface area contributed by atoms with Gasteiger partial charge in [-0.3, -0.25) is 4.79 Å². The molecule has 0 bridgehead atoms. The molecule has 0 aromatic rings. The number of hydrogen-bond donors (Lipinski definition) is 1. The Labute approximate surface area is 138 Å². The van der Waals surface area contributed by atoms with Crippen molar-refractivity contribution in [1.29, 1.82) is 0 Å². The van der Waals surface area contributed by atoms with Gasteiger partial charge in [0.2, 0.25) is 5.91 Å². The second-order valence-electron chi connectivity index (χ2n) is 5.83. The maximum Gasteiger partial charge on any atom is 0.239 e. The summed E-state index contributed by atoms with van der Waals surface area (Å²) >= 11 is 1.98. The van der Waals surface area contributed by atoms with E-state index in [2.05, 4.69) is 6.92 Å². The van der Waals surface area contributed by atoms with Crippen LogP contribution in [0.2, 0.25) is 0 Å². The Morgan fingerprint density at radius 2 is 2.05 bits per heavy atom. The first kappa shape index (κ1) is 19.1. The molecule has 0 aliphatic carbocycles. The van der Waals surface area contributed by atoms with Crippen LogP contribution in [0, 0.1) is 5.92 Å². The summed E-state index contributed by atoms with van der Waals surface area (Å²) in [6.45, 7) is 5.46. The molecule has 2 rings (SSSR count). The summed E-state index contributed by atoms with van der Waals surface area (Å²) in [6.07, 6.45) is 5.43. The van der Waals surface area contributed by atoms with Crippen molar-refractivity contribution in [3.8, 4) is 0 Å². The number of nitrogens with zero attached hydrogens (tertiary/aromatic N) is 1. The van der Waals surface area contributed by atoms with E-state index in [0.717, 1.165) is 51.3 Å². The third-order valence-electron chi connectivity index (χ3n) is 4.40. The van der Waals surface area contributed by atoms with Crippen LogP contribution in [0.1, 0.15) is 39.0 Å². The molecule has 2 N–H and O–H groups in total. The summed E-state index contributed by atoms with van der Waals surface area (Å²) in [4.78, 5) is 14.7. The number of hydrogen-bond acceptors (Lipinski definition) is 4. The van der Waals surface area contributed by atoms with Gasteiger partial charge in [0.25, 0.3) is 0 Å². The minimum absolute atomic E-state index is 0. The van der Waals surface area contributed by atoms with Crippen LogP contribution in [0.25, 0.3) is 0 Å². The molecule has 4 nitrogen and oxygen atoms in total. The average molecular weight is 337 g/mol. The molecule has 0 aromatic carbocycles. The van der Waals surface area contributed by atoms with Crippen molar-refractivity contribution in [2.45, 2.75) is 50.3 Å². The van der Waals surface area contributed by atoms with Gasteiger partial charge in [0, 0.05) is 31.6 Å². The fourth-order valence-corrected chi connectivity index (χ4v) is 4.25. The smallest absolute Gasteiger partial charge is 0.239 e. The standard InChI is InChI=1S/C15H28N2O2S.ClH/c1-2-20-13-5-3-4-8-17(11-13)15(18)14(16)12-6-9-19-10-7-12;/h12-14H,2-11,16H2,1H3;1H. The molecule has 0 aromatic heterocycles. The molecule has 2 fully saturated rings. The van der Waals surface area contributed by atoms with E-state index < -0.39 is 0 Å². The third-order valence-corrected chi connectivity index (χ3v) is 5.59. The first-order chi connectivity index (χ1) is 9.72. The number of likely N-dealkylation sites (tertiary alicyclic amines) is 1. The molecule has 2 unspecified atom stereocenters. The number of thioether (sulfide) groups is 1. The molecule has 2 aliphatic heterocycles. The van der Waals surface area contributed by atoms with Crippen molar-refractivity contribution in [3.63, 3.8) is 0 Å². The zero-order valence-electron chi connectivity index (χ0n) is 13.0. The maximum absolute atomic E-state index is 12.7. The fourth-order valence-electron chi connectivity index (χ4n) is 3.16. The van der Waals surface area contributed by atoms with Crippen LogP contribution in [0.15, 0.2) is 0 Å². The predicted molar refractivity (Wildman–Crippen MR) is 91.1 cm³/mol. The van der Waals surface area contributed by atoms with E-state index in [1.807, 2.05) is 16.7 Å². The number of ether oxygens (including phenoxy) is 1. The summed E-state index contributed by atoms with van der Waals surface area (Å²) in [6, 6.07) is -0.329. The van der Waals surface area contributed by atoms with Crippen molar-refractivity contribution >= 4 is 30.1 Å². The highest BCUT2D eigenvalue weighted by atomic mass is 35.5. The lowest BCUT2D eigenvalue weighted by atomic mass is 9.91. The molecule has 2 heterocycles. The van der Waals surface area contributed by atoms with Gasteiger partial charge in [0.05, 0.1) is 6.04 Å². The largest absolute Gasteiger partial charge is 0.381 e. The minimum Gasteiger partial charge on any atom is -0.381 e. The fraction of sp³-hybridized carbons (Fsp3) is 0.933. The number of rotatable bonds is 4. The summed E-state index contributed by atoms with van der Waals surface area (Å²) in [5.74, 6) is 1.59. The zero-order chi connectivity index (χ0) is 14.4. The molecule has 21 heavy (non-hydrogen) atoms. The Bertz CT molecular complexity index is 314. The van der Waals surface area contributed by atoms with Gasteiger partial charge in [-0.25, -0.2) is 0 Å². The van der Waals surface area contributed by atoms with Gasteiger partial charge < -0.3 is 15.4 Å².